The van der Waals surface area contributed by atoms with Gasteiger partial charge in [0, 0.05) is 24.4 Å². The minimum Gasteiger partial charge on any atom is -0.462 e. The number of nitro benzene ring substituents is 1. The van der Waals surface area contributed by atoms with Gasteiger partial charge in [-0.3, -0.25) is 10.1 Å². The number of nitro groups is 1. The molecule has 0 saturated carbocycles. The lowest BCUT2D eigenvalue weighted by atomic mass is 10.2. The highest BCUT2D eigenvalue weighted by atomic mass is 32.2. The van der Waals surface area contributed by atoms with Crippen LogP contribution in [-0.2, 0) is 17.0 Å². The Balaban J connectivity index is 1.83. The number of aryl methyl sites for hydroxylation is 1. The number of ether oxygens (including phenoxy) is 1. The van der Waals surface area contributed by atoms with Crippen LogP contribution < -0.4 is 0 Å². The molecule has 0 aliphatic rings. The summed E-state index contributed by atoms with van der Waals surface area (Å²) in [6.45, 7) is 4.89. The van der Waals surface area contributed by atoms with Crippen LogP contribution in [0.3, 0.4) is 0 Å². The van der Waals surface area contributed by atoms with Crippen LogP contribution in [0.25, 0.3) is 11.0 Å². The molecule has 0 bridgehead atoms. The molecule has 7 nitrogen and oxygen atoms in total. The smallest absolute Gasteiger partial charge is 0.338 e. The van der Waals surface area contributed by atoms with Gasteiger partial charge in [0.05, 0.1) is 28.1 Å². The monoisotopic (exact) mass is 385 g/mol. The average Bonchev–Trinajstić information content (AvgIpc) is 3.03. The maximum atomic E-state index is 11.9. The van der Waals surface area contributed by atoms with Crippen molar-refractivity contribution in [3.63, 3.8) is 0 Å². The van der Waals surface area contributed by atoms with Gasteiger partial charge in [-0.1, -0.05) is 23.9 Å². The molecule has 3 aromatic rings. The third-order valence-corrected chi connectivity index (χ3v) is 5.10. The van der Waals surface area contributed by atoms with Gasteiger partial charge in [-0.05, 0) is 37.6 Å². The van der Waals surface area contributed by atoms with Crippen molar-refractivity contribution in [2.24, 2.45) is 0 Å². The van der Waals surface area contributed by atoms with Crippen LogP contribution in [0.2, 0.25) is 0 Å². The molecular formula is C19H19N3O4S. The molecule has 2 aromatic carbocycles. The molecule has 0 radical (unpaired) electrons. The molecular weight excluding hydrogens is 366 g/mol. The highest BCUT2D eigenvalue weighted by molar-refractivity contribution is 7.98. The molecule has 0 spiro atoms. The zero-order valence-corrected chi connectivity index (χ0v) is 15.9. The van der Waals surface area contributed by atoms with Gasteiger partial charge in [0.25, 0.3) is 5.69 Å². The standard InChI is InChI=1S/C19H19N3O4S/c1-3-21-17-10-7-14(18(23)26-4-2)11-16(17)20-19(21)27-12-13-5-8-15(9-6-13)22(24)25/h5-11H,3-4,12H2,1-2H3. The SMILES string of the molecule is CCOC(=O)c1ccc2c(c1)nc(SCc1ccc([N+](=O)[O-])cc1)n2CC. The summed E-state index contributed by atoms with van der Waals surface area (Å²) in [7, 11) is 0. The molecule has 0 N–H and O–H groups in total. The molecule has 0 fully saturated rings. The number of fused-ring (bicyclic) bond motifs is 1. The van der Waals surface area contributed by atoms with Gasteiger partial charge in [-0.2, -0.15) is 0 Å². The number of rotatable bonds is 7. The Morgan fingerprint density at radius 3 is 2.59 bits per heavy atom. The fourth-order valence-corrected chi connectivity index (χ4v) is 3.76. The number of hydrogen-bond acceptors (Lipinski definition) is 6. The molecule has 3 rings (SSSR count). The largest absolute Gasteiger partial charge is 0.462 e. The van der Waals surface area contributed by atoms with Crippen LogP contribution >= 0.6 is 11.8 Å². The topological polar surface area (TPSA) is 87.3 Å². The number of hydrogen-bond donors (Lipinski definition) is 0. The first-order valence-corrected chi connectivity index (χ1v) is 9.55. The van der Waals surface area contributed by atoms with Gasteiger partial charge in [0.2, 0.25) is 0 Å². The molecule has 0 atom stereocenters. The number of carbonyl (C=O) groups excluding carboxylic acids is 1. The molecule has 0 amide bonds. The Bertz CT molecular complexity index is 983. The quantitative estimate of drug-likeness (QED) is 0.259. The van der Waals surface area contributed by atoms with E-state index in [1.165, 1.54) is 12.1 Å². The molecule has 1 aromatic heterocycles. The lowest BCUT2D eigenvalue weighted by Gasteiger charge is -2.06. The maximum Gasteiger partial charge on any atom is 0.338 e. The van der Waals surface area contributed by atoms with E-state index in [1.54, 1.807) is 43.0 Å². The molecule has 140 valence electrons. The Hall–Kier alpha value is -2.87. The van der Waals surface area contributed by atoms with Crippen LogP contribution in [0, 0.1) is 10.1 Å². The second-order valence-corrected chi connectivity index (χ2v) is 6.72. The third-order valence-electron chi connectivity index (χ3n) is 4.06. The minimum atomic E-state index is -0.408. The molecule has 8 heteroatoms. The first-order chi connectivity index (χ1) is 13.0. The van der Waals surface area contributed by atoms with Crippen molar-refractivity contribution in [2.45, 2.75) is 31.3 Å². The molecule has 0 unspecified atom stereocenters. The van der Waals surface area contributed by atoms with Crippen molar-refractivity contribution >= 4 is 34.5 Å². The highest BCUT2D eigenvalue weighted by Crippen LogP contribution is 2.28. The number of nitrogens with zero attached hydrogens (tertiary/aromatic N) is 3. The van der Waals surface area contributed by atoms with E-state index >= 15 is 0 Å². The third kappa shape index (κ3) is 4.11. The fourth-order valence-electron chi connectivity index (χ4n) is 2.73. The second kappa shape index (κ2) is 8.22. The molecule has 0 aliphatic carbocycles. The Labute approximate surface area is 160 Å². The number of imidazole rings is 1. The number of esters is 1. The van der Waals surface area contributed by atoms with Gasteiger partial charge in [0.1, 0.15) is 0 Å². The number of aromatic nitrogens is 2. The van der Waals surface area contributed by atoms with Crippen molar-refractivity contribution in [1.82, 2.24) is 9.55 Å². The fraction of sp³-hybridized carbons (Fsp3) is 0.263. The maximum absolute atomic E-state index is 11.9. The summed E-state index contributed by atoms with van der Waals surface area (Å²) in [4.78, 5) is 26.9. The van der Waals surface area contributed by atoms with Gasteiger partial charge >= 0.3 is 5.97 Å². The van der Waals surface area contributed by atoms with Crippen LogP contribution in [0.5, 0.6) is 0 Å². The summed E-state index contributed by atoms with van der Waals surface area (Å²) in [5.41, 5.74) is 3.24. The van der Waals surface area contributed by atoms with Crippen LogP contribution in [0.15, 0.2) is 47.6 Å². The van der Waals surface area contributed by atoms with Gasteiger partial charge in [0.15, 0.2) is 5.16 Å². The first-order valence-electron chi connectivity index (χ1n) is 8.57. The van der Waals surface area contributed by atoms with Crippen molar-refractivity contribution in [3.8, 4) is 0 Å². The summed E-state index contributed by atoms with van der Waals surface area (Å²) in [6.07, 6.45) is 0. The lowest BCUT2D eigenvalue weighted by molar-refractivity contribution is -0.384. The van der Waals surface area contributed by atoms with Crippen molar-refractivity contribution in [1.29, 1.82) is 0 Å². The van der Waals surface area contributed by atoms with E-state index in [9.17, 15) is 14.9 Å². The summed E-state index contributed by atoms with van der Waals surface area (Å²) in [5.74, 6) is 0.289. The predicted octanol–water partition coefficient (Wildman–Crippen LogP) is 4.43. The predicted molar refractivity (Wildman–Crippen MR) is 104 cm³/mol. The molecule has 0 aliphatic heterocycles. The molecule has 0 saturated heterocycles. The molecule has 1 heterocycles. The van der Waals surface area contributed by atoms with Crippen molar-refractivity contribution in [2.75, 3.05) is 6.61 Å². The van der Waals surface area contributed by atoms with E-state index in [4.69, 9.17) is 4.74 Å². The Morgan fingerprint density at radius 2 is 1.96 bits per heavy atom. The second-order valence-electron chi connectivity index (χ2n) is 5.77. The summed E-state index contributed by atoms with van der Waals surface area (Å²) >= 11 is 1.56. The van der Waals surface area contributed by atoms with E-state index in [2.05, 4.69) is 9.55 Å². The van der Waals surface area contributed by atoms with Crippen molar-refractivity contribution in [3.05, 3.63) is 63.7 Å². The summed E-state index contributed by atoms with van der Waals surface area (Å²) in [6, 6.07) is 11.9. The number of non-ortho nitro benzene ring substituents is 1. The van der Waals surface area contributed by atoms with Crippen molar-refractivity contribution < 1.29 is 14.5 Å². The lowest BCUT2D eigenvalue weighted by Crippen LogP contribution is -2.04. The van der Waals surface area contributed by atoms with E-state index in [0.29, 0.717) is 17.9 Å². The molecule has 27 heavy (non-hydrogen) atoms. The van der Waals surface area contributed by atoms with E-state index < -0.39 is 4.92 Å². The highest BCUT2D eigenvalue weighted by Gasteiger charge is 2.14. The van der Waals surface area contributed by atoms with Crippen LogP contribution in [0.4, 0.5) is 5.69 Å². The van der Waals surface area contributed by atoms with Crippen LogP contribution in [0.1, 0.15) is 29.8 Å². The van der Waals surface area contributed by atoms with Gasteiger partial charge < -0.3 is 9.30 Å². The van der Waals surface area contributed by atoms with Gasteiger partial charge in [-0.15, -0.1) is 0 Å². The number of carbonyl (C=O) groups is 1. The minimum absolute atomic E-state index is 0.0797. The van der Waals surface area contributed by atoms with Gasteiger partial charge in [-0.25, -0.2) is 9.78 Å². The normalized spacial score (nSPS) is 10.9. The summed E-state index contributed by atoms with van der Waals surface area (Å²) < 4.78 is 7.13. The van der Waals surface area contributed by atoms with Crippen LogP contribution in [-0.4, -0.2) is 27.1 Å². The number of benzene rings is 2. The number of thioether (sulfide) groups is 1. The zero-order valence-electron chi connectivity index (χ0n) is 15.0. The summed E-state index contributed by atoms with van der Waals surface area (Å²) in [5, 5.41) is 11.6. The van der Waals surface area contributed by atoms with E-state index in [-0.39, 0.29) is 11.7 Å². The zero-order chi connectivity index (χ0) is 19.4. The Morgan fingerprint density at radius 1 is 1.22 bits per heavy atom. The van der Waals surface area contributed by atoms with E-state index in [0.717, 1.165) is 28.3 Å². The van der Waals surface area contributed by atoms with E-state index in [1.807, 2.05) is 13.0 Å². The average molecular weight is 385 g/mol. The Kier molecular flexibility index (Phi) is 5.75. The first kappa shape index (κ1) is 18.9.